The number of aliphatic imine (C=N–C) groups is 1. The lowest BCUT2D eigenvalue weighted by Crippen LogP contribution is -2.39. The van der Waals surface area contributed by atoms with E-state index in [1.807, 2.05) is 23.1 Å². The van der Waals surface area contributed by atoms with Crippen LogP contribution in [0.15, 0.2) is 47.7 Å². The van der Waals surface area contributed by atoms with E-state index in [1.54, 1.807) is 0 Å². The van der Waals surface area contributed by atoms with Gasteiger partial charge in [-0.1, -0.05) is 31.2 Å². The van der Waals surface area contributed by atoms with Crippen LogP contribution in [-0.2, 0) is 13.1 Å². The van der Waals surface area contributed by atoms with E-state index in [2.05, 4.69) is 67.4 Å². The van der Waals surface area contributed by atoms with Crippen molar-refractivity contribution in [3.8, 4) is 0 Å². The van der Waals surface area contributed by atoms with E-state index >= 15 is 0 Å². The average molecular weight is 327 g/mol. The molecule has 0 saturated carbocycles. The zero-order chi connectivity index (χ0) is 17.4. The van der Waals surface area contributed by atoms with Crippen molar-refractivity contribution in [2.24, 2.45) is 10.9 Å². The van der Waals surface area contributed by atoms with Crippen LogP contribution >= 0.6 is 0 Å². The number of guanidine groups is 1. The molecule has 1 unspecified atom stereocenters. The topological polar surface area (TPSA) is 45.5 Å². The van der Waals surface area contributed by atoms with Crippen LogP contribution in [0.5, 0.6) is 0 Å². The number of aromatic nitrogens is 2. The van der Waals surface area contributed by atoms with E-state index in [-0.39, 0.29) is 0 Å². The van der Waals surface area contributed by atoms with Gasteiger partial charge in [-0.15, -0.1) is 0 Å². The highest BCUT2D eigenvalue weighted by molar-refractivity contribution is 5.79. The van der Waals surface area contributed by atoms with Gasteiger partial charge in [0.2, 0.25) is 0 Å². The molecule has 0 radical (unpaired) electrons. The standard InChI is InChI=1S/C19H29N5/c1-5-20-19(21-13-16(2)14-24-12-8-11-22-24)23(4)15-18-10-7-6-9-17(18)3/h6-12,16H,5,13-15H2,1-4H3,(H,20,21). The normalized spacial score (nSPS) is 12.9. The molecule has 130 valence electrons. The number of rotatable bonds is 7. The monoisotopic (exact) mass is 327 g/mol. The SMILES string of the molecule is CCNC(=NCC(C)Cn1cccn1)N(C)Cc1ccccc1C. The fourth-order valence-corrected chi connectivity index (χ4v) is 2.62. The lowest BCUT2D eigenvalue weighted by Gasteiger charge is -2.23. The predicted molar refractivity (Wildman–Crippen MR) is 100 cm³/mol. The first-order chi connectivity index (χ1) is 11.6. The number of nitrogens with zero attached hydrogens (tertiary/aromatic N) is 4. The van der Waals surface area contributed by atoms with Crippen LogP contribution in [-0.4, -0.2) is 40.8 Å². The summed E-state index contributed by atoms with van der Waals surface area (Å²) in [7, 11) is 2.09. The molecule has 1 aromatic heterocycles. The first-order valence-electron chi connectivity index (χ1n) is 8.61. The van der Waals surface area contributed by atoms with Crippen molar-refractivity contribution < 1.29 is 0 Å². The van der Waals surface area contributed by atoms with E-state index in [1.165, 1.54) is 11.1 Å². The molecular weight excluding hydrogens is 298 g/mol. The van der Waals surface area contributed by atoms with Crippen molar-refractivity contribution in [1.82, 2.24) is 20.0 Å². The Morgan fingerprint density at radius 1 is 1.33 bits per heavy atom. The summed E-state index contributed by atoms with van der Waals surface area (Å²) in [6, 6.07) is 10.5. The summed E-state index contributed by atoms with van der Waals surface area (Å²) in [5.41, 5.74) is 2.64. The molecule has 0 aliphatic rings. The molecule has 0 aliphatic heterocycles. The Labute approximate surface area is 145 Å². The van der Waals surface area contributed by atoms with Gasteiger partial charge in [-0.2, -0.15) is 5.10 Å². The van der Waals surface area contributed by atoms with Crippen molar-refractivity contribution in [2.45, 2.75) is 33.9 Å². The molecule has 0 aliphatic carbocycles. The zero-order valence-corrected chi connectivity index (χ0v) is 15.2. The van der Waals surface area contributed by atoms with E-state index in [4.69, 9.17) is 4.99 Å². The van der Waals surface area contributed by atoms with Crippen LogP contribution in [0.3, 0.4) is 0 Å². The number of benzene rings is 1. The minimum absolute atomic E-state index is 0.436. The van der Waals surface area contributed by atoms with Gasteiger partial charge in [-0.25, -0.2) is 0 Å². The number of hydrogen-bond donors (Lipinski definition) is 1. The highest BCUT2D eigenvalue weighted by atomic mass is 15.3. The second kappa shape index (κ2) is 9.11. The molecule has 5 heteroatoms. The molecule has 0 spiro atoms. The van der Waals surface area contributed by atoms with Gasteiger partial charge in [0.15, 0.2) is 5.96 Å². The van der Waals surface area contributed by atoms with Gasteiger partial charge in [0.1, 0.15) is 0 Å². The molecule has 0 saturated heterocycles. The molecule has 24 heavy (non-hydrogen) atoms. The van der Waals surface area contributed by atoms with Gasteiger partial charge in [-0.05, 0) is 37.0 Å². The van der Waals surface area contributed by atoms with Gasteiger partial charge in [0.05, 0.1) is 0 Å². The molecular formula is C19H29N5. The van der Waals surface area contributed by atoms with Crippen molar-refractivity contribution >= 4 is 5.96 Å². The first kappa shape index (κ1) is 18.0. The van der Waals surface area contributed by atoms with Gasteiger partial charge in [0, 0.05) is 45.6 Å². The second-order valence-electron chi connectivity index (χ2n) is 6.31. The zero-order valence-electron chi connectivity index (χ0n) is 15.2. The quantitative estimate of drug-likeness (QED) is 0.628. The van der Waals surface area contributed by atoms with Gasteiger partial charge in [-0.3, -0.25) is 9.67 Å². The number of aryl methyl sites for hydroxylation is 1. The smallest absolute Gasteiger partial charge is 0.193 e. The Bertz CT molecular complexity index is 633. The summed E-state index contributed by atoms with van der Waals surface area (Å²) in [4.78, 5) is 7.00. The third-order valence-electron chi connectivity index (χ3n) is 3.98. The lowest BCUT2D eigenvalue weighted by atomic mass is 10.1. The highest BCUT2D eigenvalue weighted by Crippen LogP contribution is 2.10. The summed E-state index contributed by atoms with van der Waals surface area (Å²) >= 11 is 0. The molecule has 2 rings (SSSR count). The van der Waals surface area contributed by atoms with Crippen molar-refractivity contribution in [3.05, 3.63) is 53.9 Å². The predicted octanol–water partition coefficient (Wildman–Crippen LogP) is 2.93. The van der Waals surface area contributed by atoms with E-state index < -0.39 is 0 Å². The molecule has 0 amide bonds. The first-order valence-corrected chi connectivity index (χ1v) is 8.61. The van der Waals surface area contributed by atoms with E-state index in [9.17, 15) is 0 Å². The average Bonchev–Trinajstić information content (AvgIpc) is 3.06. The minimum atomic E-state index is 0.436. The van der Waals surface area contributed by atoms with Gasteiger partial charge in [0.25, 0.3) is 0 Å². The third-order valence-corrected chi connectivity index (χ3v) is 3.98. The van der Waals surface area contributed by atoms with Crippen molar-refractivity contribution in [3.63, 3.8) is 0 Å². The van der Waals surface area contributed by atoms with Crippen LogP contribution in [0.25, 0.3) is 0 Å². The maximum absolute atomic E-state index is 4.81. The molecule has 1 atom stereocenters. The Morgan fingerprint density at radius 3 is 2.79 bits per heavy atom. The molecule has 1 aromatic carbocycles. The van der Waals surface area contributed by atoms with Gasteiger partial charge < -0.3 is 10.2 Å². The highest BCUT2D eigenvalue weighted by Gasteiger charge is 2.09. The van der Waals surface area contributed by atoms with Crippen LogP contribution < -0.4 is 5.32 Å². The minimum Gasteiger partial charge on any atom is -0.357 e. The van der Waals surface area contributed by atoms with E-state index in [0.29, 0.717) is 5.92 Å². The summed E-state index contributed by atoms with van der Waals surface area (Å²) in [5.74, 6) is 1.39. The van der Waals surface area contributed by atoms with Gasteiger partial charge >= 0.3 is 0 Å². The number of hydrogen-bond acceptors (Lipinski definition) is 2. The molecule has 2 aromatic rings. The maximum atomic E-state index is 4.81. The third kappa shape index (κ3) is 5.41. The largest absolute Gasteiger partial charge is 0.357 e. The van der Waals surface area contributed by atoms with Crippen molar-refractivity contribution in [2.75, 3.05) is 20.1 Å². The second-order valence-corrected chi connectivity index (χ2v) is 6.31. The Morgan fingerprint density at radius 2 is 2.12 bits per heavy atom. The number of nitrogens with one attached hydrogen (secondary N) is 1. The van der Waals surface area contributed by atoms with Crippen molar-refractivity contribution in [1.29, 1.82) is 0 Å². The van der Waals surface area contributed by atoms with Crippen LogP contribution in [0, 0.1) is 12.8 Å². The van der Waals surface area contributed by atoms with Crippen LogP contribution in [0.2, 0.25) is 0 Å². The lowest BCUT2D eigenvalue weighted by molar-refractivity contribution is 0.444. The Balaban J connectivity index is 1.97. The fraction of sp³-hybridized carbons (Fsp3) is 0.474. The summed E-state index contributed by atoms with van der Waals surface area (Å²) in [6.07, 6.45) is 3.81. The molecule has 1 heterocycles. The van der Waals surface area contributed by atoms with Crippen LogP contribution in [0.1, 0.15) is 25.0 Å². The van der Waals surface area contributed by atoms with Crippen LogP contribution in [0.4, 0.5) is 0 Å². The summed E-state index contributed by atoms with van der Waals surface area (Å²) in [6.45, 7) is 9.84. The summed E-state index contributed by atoms with van der Waals surface area (Å²) in [5, 5.41) is 7.65. The molecule has 5 nitrogen and oxygen atoms in total. The Kier molecular flexibility index (Phi) is 6.85. The molecule has 0 bridgehead atoms. The molecule has 0 fully saturated rings. The fourth-order valence-electron chi connectivity index (χ4n) is 2.62. The molecule has 1 N–H and O–H groups in total. The maximum Gasteiger partial charge on any atom is 0.193 e. The Hall–Kier alpha value is -2.30. The van der Waals surface area contributed by atoms with E-state index in [0.717, 1.165) is 32.1 Å². The summed E-state index contributed by atoms with van der Waals surface area (Å²) < 4.78 is 1.96.